The second-order valence-corrected chi connectivity index (χ2v) is 10.4. The lowest BCUT2D eigenvalue weighted by Gasteiger charge is -2.31. The Kier molecular flexibility index (Phi) is 10.1. The van der Waals surface area contributed by atoms with Crippen LogP contribution in [0.3, 0.4) is 0 Å². The fourth-order valence-corrected chi connectivity index (χ4v) is 3.90. The van der Waals surface area contributed by atoms with Crippen LogP contribution in [0.1, 0.15) is 41.5 Å². The van der Waals surface area contributed by atoms with Crippen LogP contribution in [0.5, 0.6) is 0 Å². The molecule has 1 unspecified atom stereocenters. The van der Waals surface area contributed by atoms with Crippen LogP contribution >= 0.6 is 21.6 Å². The number of carbonyl (C=O) groups excluding carboxylic acids is 4. The van der Waals surface area contributed by atoms with Crippen LogP contribution in [0.15, 0.2) is 0 Å². The van der Waals surface area contributed by atoms with Crippen LogP contribution in [-0.2, 0) is 19.1 Å². The van der Waals surface area contributed by atoms with Crippen LogP contribution in [-0.4, -0.2) is 63.7 Å². The van der Waals surface area contributed by atoms with E-state index in [1.807, 2.05) is 0 Å². The first-order chi connectivity index (χ1) is 12.5. The lowest BCUT2D eigenvalue weighted by molar-refractivity contribution is -0.122. The quantitative estimate of drug-likeness (QED) is 0.372. The molecule has 0 fully saturated rings. The average molecular weight is 439 g/mol. The van der Waals surface area contributed by atoms with Crippen LogP contribution < -0.4 is 17.2 Å². The molecule has 0 bridgehead atoms. The van der Waals surface area contributed by atoms with Crippen molar-refractivity contribution in [2.75, 3.05) is 11.5 Å². The van der Waals surface area contributed by atoms with Gasteiger partial charge in [-0.3, -0.25) is 9.59 Å². The zero-order valence-corrected chi connectivity index (χ0v) is 18.6. The Hall–Kier alpha value is -1.66. The summed E-state index contributed by atoms with van der Waals surface area (Å²) in [6, 6.07) is -2.19. The van der Waals surface area contributed by atoms with Crippen LogP contribution in [0.4, 0.5) is 9.59 Å². The molecule has 0 aliphatic heterocycles. The maximum absolute atomic E-state index is 12.6. The molecular weight excluding hydrogens is 408 g/mol. The van der Waals surface area contributed by atoms with Crippen molar-refractivity contribution in [2.24, 2.45) is 17.2 Å². The van der Waals surface area contributed by atoms with Crippen LogP contribution in [0.25, 0.3) is 0 Å². The molecule has 0 aromatic rings. The molecule has 0 rings (SSSR count). The van der Waals surface area contributed by atoms with E-state index in [-0.39, 0.29) is 11.5 Å². The molecule has 0 radical (unpaired) electrons. The van der Waals surface area contributed by atoms with Gasteiger partial charge in [-0.2, -0.15) is 4.90 Å². The minimum absolute atomic E-state index is 0.0516. The molecule has 0 aromatic heterocycles. The molecular formula is C16H30N4O6S2. The highest BCUT2D eigenvalue weighted by atomic mass is 33.1. The fraction of sp³-hybridized carbons (Fsp3) is 0.750. The Labute approximate surface area is 173 Å². The second kappa shape index (κ2) is 10.8. The van der Waals surface area contributed by atoms with Crippen molar-refractivity contribution in [1.29, 1.82) is 0 Å². The van der Waals surface area contributed by atoms with E-state index in [1.165, 1.54) is 0 Å². The molecule has 12 heteroatoms. The third-order valence-electron chi connectivity index (χ3n) is 2.74. The first kappa shape index (κ1) is 26.3. The van der Waals surface area contributed by atoms with E-state index in [2.05, 4.69) is 0 Å². The van der Waals surface area contributed by atoms with E-state index in [0.29, 0.717) is 4.90 Å². The Balaban J connectivity index is 5.39. The summed E-state index contributed by atoms with van der Waals surface area (Å²) in [6.07, 6.45) is -2.10. The Morgan fingerprint density at radius 1 is 0.821 bits per heavy atom. The average Bonchev–Trinajstić information content (AvgIpc) is 2.45. The molecule has 0 spiro atoms. The number of amides is 4. The predicted molar refractivity (Wildman–Crippen MR) is 109 cm³/mol. The smallest absolute Gasteiger partial charge is 0.420 e. The van der Waals surface area contributed by atoms with Gasteiger partial charge in [0.2, 0.25) is 11.8 Å². The van der Waals surface area contributed by atoms with Crippen molar-refractivity contribution in [3.05, 3.63) is 0 Å². The molecule has 0 saturated heterocycles. The number of primary amides is 2. The summed E-state index contributed by atoms with van der Waals surface area (Å²) >= 11 is 0. The molecule has 0 aromatic carbocycles. The minimum atomic E-state index is -1.33. The summed E-state index contributed by atoms with van der Waals surface area (Å²) in [4.78, 5) is 48.6. The number of rotatable bonds is 8. The van der Waals surface area contributed by atoms with Gasteiger partial charge in [0.1, 0.15) is 17.2 Å². The van der Waals surface area contributed by atoms with Gasteiger partial charge in [-0.25, -0.2) is 9.59 Å². The fourth-order valence-electron chi connectivity index (χ4n) is 1.55. The van der Waals surface area contributed by atoms with Crippen molar-refractivity contribution in [3.63, 3.8) is 0 Å². The monoisotopic (exact) mass is 438 g/mol. The summed E-state index contributed by atoms with van der Waals surface area (Å²) in [5, 5.41) is 0. The van der Waals surface area contributed by atoms with Crippen molar-refractivity contribution in [1.82, 2.24) is 4.90 Å². The minimum Gasteiger partial charge on any atom is -0.443 e. The molecule has 0 aliphatic carbocycles. The zero-order valence-electron chi connectivity index (χ0n) is 17.0. The van der Waals surface area contributed by atoms with Gasteiger partial charge in [-0.05, 0) is 41.5 Å². The number of imide groups is 1. The normalized spacial score (nSPS) is 14.0. The van der Waals surface area contributed by atoms with Crippen LogP contribution in [0, 0.1) is 0 Å². The molecule has 10 nitrogen and oxygen atoms in total. The second-order valence-electron chi connectivity index (χ2n) is 7.83. The zero-order chi connectivity index (χ0) is 22.3. The summed E-state index contributed by atoms with van der Waals surface area (Å²) in [6.45, 7) is 9.71. The number of ether oxygens (including phenoxy) is 2. The third kappa shape index (κ3) is 10.6. The molecule has 0 saturated carbocycles. The van der Waals surface area contributed by atoms with Crippen molar-refractivity contribution < 1.29 is 28.7 Å². The van der Waals surface area contributed by atoms with Gasteiger partial charge in [0.05, 0.1) is 6.04 Å². The van der Waals surface area contributed by atoms with Gasteiger partial charge in [-0.1, -0.05) is 21.6 Å². The Morgan fingerprint density at radius 2 is 1.21 bits per heavy atom. The topological polar surface area (TPSA) is 168 Å². The van der Waals surface area contributed by atoms with Gasteiger partial charge in [0.25, 0.3) is 0 Å². The van der Waals surface area contributed by atoms with Crippen LogP contribution in [0.2, 0.25) is 0 Å². The highest BCUT2D eigenvalue weighted by Crippen LogP contribution is 2.26. The number of hydrogen-bond donors (Lipinski definition) is 3. The van der Waals surface area contributed by atoms with Crippen molar-refractivity contribution >= 4 is 45.6 Å². The van der Waals surface area contributed by atoms with Crippen molar-refractivity contribution in [2.45, 2.75) is 64.8 Å². The first-order valence-electron chi connectivity index (χ1n) is 8.39. The standard InChI is InChI=1S/C16H30N4O6S2/c1-15(2,3)25-13(23)20(14(24)26-16(4,5)6)10(12(19)22)8-28-27-7-9(17)11(18)21/h9-10H,7-8,17H2,1-6H3,(H2,18,21)(H2,19,22)/t9?,10-/m0/s1. The van der Waals surface area contributed by atoms with E-state index in [0.717, 1.165) is 21.6 Å². The van der Waals surface area contributed by atoms with Gasteiger partial charge in [0.15, 0.2) is 0 Å². The lowest BCUT2D eigenvalue weighted by atomic mass is 10.2. The number of nitrogens with zero attached hydrogens (tertiary/aromatic N) is 1. The van der Waals surface area contributed by atoms with E-state index in [4.69, 9.17) is 26.7 Å². The number of carbonyl (C=O) groups is 4. The Bertz CT molecular complexity index is 561. The third-order valence-corrected chi connectivity index (χ3v) is 5.17. The molecule has 28 heavy (non-hydrogen) atoms. The predicted octanol–water partition coefficient (Wildman–Crippen LogP) is 1.21. The van der Waals surface area contributed by atoms with Gasteiger partial charge >= 0.3 is 12.2 Å². The largest absolute Gasteiger partial charge is 0.443 e. The summed E-state index contributed by atoms with van der Waals surface area (Å²) in [5.74, 6) is -1.44. The summed E-state index contributed by atoms with van der Waals surface area (Å²) in [5.41, 5.74) is 14.2. The molecule has 2 atom stereocenters. The van der Waals surface area contributed by atoms with Gasteiger partial charge in [0, 0.05) is 11.5 Å². The maximum Gasteiger partial charge on any atom is 0.420 e. The van der Waals surface area contributed by atoms with E-state index in [1.54, 1.807) is 41.5 Å². The first-order valence-corrected chi connectivity index (χ1v) is 10.9. The van der Waals surface area contributed by atoms with Gasteiger partial charge in [-0.15, -0.1) is 0 Å². The van der Waals surface area contributed by atoms with Gasteiger partial charge < -0.3 is 26.7 Å². The summed E-state index contributed by atoms with van der Waals surface area (Å²) in [7, 11) is 2.26. The molecule has 162 valence electrons. The maximum atomic E-state index is 12.6. The number of hydrogen-bond acceptors (Lipinski definition) is 9. The molecule has 0 aliphatic rings. The molecule has 6 N–H and O–H groups in total. The number of nitrogens with two attached hydrogens (primary N) is 3. The van der Waals surface area contributed by atoms with E-state index in [9.17, 15) is 19.2 Å². The summed E-state index contributed by atoms with van der Waals surface area (Å²) < 4.78 is 10.4. The van der Waals surface area contributed by atoms with Crippen molar-refractivity contribution in [3.8, 4) is 0 Å². The van der Waals surface area contributed by atoms with E-state index >= 15 is 0 Å². The lowest BCUT2D eigenvalue weighted by Crippen LogP contribution is -2.54. The SMILES string of the molecule is CC(C)(C)OC(=O)N(C(=O)OC(C)(C)C)[C@@H](CSSCC(N)C(N)=O)C(N)=O. The Morgan fingerprint density at radius 3 is 1.54 bits per heavy atom. The highest BCUT2D eigenvalue weighted by Gasteiger charge is 2.39. The van der Waals surface area contributed by atoms with E-state index < -0.39 is 47.3 Å². The molecule has 4 amide bonds. The highest BCUT2D eigenvalue weighted by molar-refractivity contribution is 8.76. The molecule has 0 heterocycles.